The highest BCUT2D eigenvalue weighted by Crippen LogP contribution is 2.36. The standard InChI is InChI=1S/C27H36N2O7/c1-16(2)23(20-10-9-17(3)13-22(20)34-8)18(4)35-15-27(6,14-30)29-26(32)24-25(36-19(5)31)21(33-7)11-12-28-24/h9-14,16,18,23H,15H2,1-8H3,(H,29,32)/t18-,23+,27+/m0/s1. The van der Waals surface area contributed by atoms with Crippen molar-refractivity contribution in [2.45, 2.75) is 59.1 Å². The zero-order chi connectivity index (χ0) is 27.0. The lowest BCUT2D eigenvalue weighted by molar-refractivity contribution is -0.132. The van der Waals surface area contributed by atoms with Gasteiger partial charge < -0.3 is 29.1 Å². The minimum Gasteiger partial charge on any atom is -0.496 e. The van der Waals surface area contributed by atoms with E-state index in [4.69, 9.17) is 18.9 Å². The number of pyridine rings is 1. The summed E-state index contributed by atoms with van der Waals surface area (Å²) in [6.07, 6.45) is 1.66. The molecule has 3 atom stereocenters. The van der Waals surface area contributed by atoms with Crippen LogP contribution in [0.25, 0.3) is 0 Å². The summed E-state index contributed by atoms with van der Waals surface area (Å²) in [5.41, 5.74) is 0.536. The number of methoxy groups -OCH3 is 2. The van der Waals surface area contributed by atoms with Crippen LogP contribution in [0.3, 0.4) is 0 Å². The Morgan fingerprint density at radius 2 is 1.78 bits per heavy atom. The van der Waals surface area contributed by atoms with E-state index in [-0.39, 0.29) is 41.7 Å². The Bertz CT molecular complexity index is 1090. The van der Waals surface area contributed by atoms with Gasteiger partial charge in [-0.1, -0.05) is 26.0 Å². The largest absolute Gasteiger partial charge is 0.496 e. The van der Waals surface area contributed by atoms with E-state index in [2.05, 4.69) is 24.1 Å². The van der Waals surface area contributed by atoms with Crippen molar-refractivity contribution < 1.29 is 33.3 Å². The monoisotopic (exact) mass is 500 g/mol. The van der Waals surface area contributed by atoms with Crippen LogP contribution in [0, 0.1) is 12.8 Å². The molecule has 9 heteroatoms. The maximum atomic E-state index is 13.1. The minimum atomic E-state index is -1.37. The highest BCUT2D eigenvalue weighted by atomic mass is 16.6. The molecular formula is C27H36N2O7. The molecule has 1 aromatic heterocycles. The number of hydrogen-bond acceptors (Lipinski definition) is 8. The van der Waals surface area contributed by atoms with Gasteiger partial charge in [-0.3, -0.25) is 9.59 Å². The lowest BCUT2D eigenvalue weighted by Gasteiger charge is -2.32. The summed E-state index contributed by atoms with van der Waals surface area (Å²) in [5.74, 6) is -0.358. The molecule has 2 aromatic rings. The molecule has 1 amide bonds. The molecule has 0 spiro atoms. The Morgan fingerprint density at radius 1 is 1.11 bits per heavy atom. The number of ether oxygens (including phenoxy) is 4. The fourth-order valence-electron chi connectivity index (χ4n) is 4.07. The lowest BCUT2D eigenvalue weighted by atomic mass is 9.83. The number of carbonyl (C=O) groups excluding carboxylic acids is 3. The van der Waals surface area contributed by atoms with Crippen molar-refractivity contribution in [3.05, 3.63) is 47.3 Å². The minimum absolute atomic E-state index is 0.0252. The predicted octanol–water partition coefficient (Wildman–Crippen LogP) is 3.86. The van der Waals surface area contributed by atoms with Gasteiger partial charge in [-0.15, -0.1) is 0 Å². The molecule has 1 heterocycles. The normalized spacial score (nSPS) is 14.4. The number of nitrogens with zero attached hydrogens (tertiary/aromatic N) is 1. The quantitative estimate of drug-likeness (QED) is 0.345. The van der Waals surface area contributed by atoms with Gasteiger partial charge >= 0.3 is 5.97 Å². The van der Waals surface area contributed by atoms with E-state index in [9.17, 15) is 14.4 Å². The van der Waals surface area contributed by atoms with Crippen molar-refractivity contribution in [2.75, 3.05) is 20.8 Å². The summed E-state index contributed by atoms with van der Waals surface area (Å²) < 4.78 is 22.1. The van der Waals surface area contributed by atoms with E-state index in [0.29, 0.717) is 6.29 Å². The molecule has 2 rings (SSSR count). The Labute approximate surface area is 212 Å². The third-order valence-electron chi connectivity index (χ3n) is 5.83. The number of carbonyl (C=O) groups is 3. The molecule has 0 saturated heterocycles. The molecule has 1 N–H and O–H groups in total. The molecule has 0 aliphatic carbocycles. The van der Waals surface area contributed by atoms with Gasteiger partial charge in [0.1, 0.15) is 17.6 Å². The molecule has 0 bridgehead atoms. The zero-order valence-corrected chi connectivity index (χ0v) is 22.2. The third-order valence-corrected chi connectivity index (χ3v) is 5.83. The first-order chi connectivity index (χ1) is 17.0. The summed E-state index contributed by atoms with van der Waals surface area (Å²) in [6.45, 7) is 10.8. The first-order valence-electron chi connectivity index (χ1n) is 11.7. The summed E-state index contributed by atoms with van der Waals surface area (Å²) >= 11 is 0. The summed E-state index contributed by atoms with van der Waals surface area (Å²) in [4.78, 5) is 40.7. The highest BCUT2D eigenvalue weighted by Gasteiger charge is 2.33. The second-order valence-electron chi connectivity index (χ2n) is 9.31. The van der Waals surface area contributed by atoms with E-state index in [1.54, 1.807) is 14.0 Å². The number of aryl methyl sites for hydroxylation is 1. The number of aromatic nitrogens is 1. The van der Waals surface area contributed by atoms with Gasteiger partial charge in [-0.2, -0.15) is 0 Å². The molecule has 36 heavy (non-hydrogen) atoms. The van der Waals surface area contributed by atoms with E-state index in [1.165, 1.54) is 26.3 Å². The fraction of sp³-hybridized carbons (Fsp3) is 0.481. The molecule has 9 nitrogen and oxygen atoms in total. The number of benzene rings is 1. The molecule has 0 aliphatic heterocycles. The van der Waals surface area contributed by atoms with E-state index in [0.717, 1.165) is 16.9 Å². The number of amides is 1. The van der Waals surface area contributed by atoms with Crippen molar-refractivity contribution in [2.24, 2.45) is 5.92 Å². The van der Waals surface area contributed by atoms with Gasteiger partial charge in [0.2, 0.25) is 5.75 Å². The Kier molecular flexibility index (Phi) is 9.98. The van der Waals surface area contributed by atoms with E-state index in [1.807, 2.05) is 32.0 Å². The first kappa shape index (κ1) is 28.8. The maximum Gasteiger partial charge on any atom is 0.308 e. The van der Waals surface area contributed by atoms with Crippen molar-refractivity contribution >= 4 is 18.2 Å². The summed E-state index contributed by atoms with van der Waals surface area (Å²) in [6, 6.07) is 7.50. The van der Waals surface area contributed by atoms with Crippen LogP contribution >= 0.6 is 0 Å². The van der Waals surface area contributed by atoms with Crippen LogP contribution in [0.5, 0.6) is 17.2 Å². The van der Waals surface area contributed by atoms with E-state index < -0.39 is 17.4 Å². The van der Waals surface area contributed by atoms with Crippen molar-refractivity contribution in [3.8, 4) is 17.2 Å². The molecular weight excluding hydrogens is 464 g/mol. The van der Waals surface area contributed by atoms with Crippen LogP contribution in [0.15, 0.2) is 30.5 Å². The van der Waals surface area contributed by atoms with Crippen LogP contribution < -0.4 is 19.5 Å². The molecule has 0 radical (unpaired) electrons. The second kappa shape index (κ2) is 12.5. The SMILES string of the molecule is COc1cc(C)ccc1[C@H](C(C)C)[C@H](C)OC[C@@](C)(C=O)NC(=O)c1nccc(OC)c1OC(C)=O. The number of rotatable bonds is 12. The van der Waals surface area contributed by atoms with Gasteiger partial charge in [0.15, 0.2) is 11.4 Å². The van der Waals surface area contributed by atoms with Crippen LogP contribution in [0.2, 0.25) is 0 Å². The topological polar surface area (TPSA) is 113 Å². The van der Waals surface area contributed by atoms with Crippen molar-refractivity contribution in [1.82, 2.24) is 10.3 Å². The Morgan fingerprint density at radius 3 is 2.33 bits per heavy atom. The number of aldehydes is 1. The van der Waals surface area contributed by atoms with Gasteiger partial charge in [0.05, 0.1) is 26.9 Å². The van der Waals surface area contributed by atoms with E-state index >= 15 is 0 Å². The smallest absolute Gasteiger partial charge is 0.308 e. The average molecular weight is 501 g/mol. The number of esters is 1. The Hall–Kier alpha value is -3.46. The third kappa shape index (κ3) is 7.04. The van der Waals surface area contributed by atoms with Gasteiger partial charge in [0, 0.05) is 30.7 Å². The fourth-order valence-corrected chi connectivity index (χ4v) is 4.07. The number of hydrogen-bond donors (Lipinski definition) is 1. The maximum absolute atomic E-state index is 13.1. The first-order valence-corrected chi connectivity index (χ1v) is 11.7. The molecule has 0 fully saturated rings. The predicted molar refractivity (Wildman–Crippen MR) is 135 cm³/mol. The number of nitrogens with one attached hydrogen (secondary N) is 1. The van der Waals surface area contributed by atoms with Gasteiger partial charge in [-0.25, -0.2) is 4.98 Å². The van der Waals surface area contributed by atoms with Gasteiger partial charge in [0.25, 0.3) is 5.91 Å². The Balaban J connectivity index is 2.24. The van der Waals surface area contributed by atoms with Crippen LogP contribution in [-0.2, 0) is 14.3 Å². The van der Waals surface area contributed by atoms with Crippen LogP contribution in [-0.4, -0.2) is 55.6 Å². The molecule has 0 unspecified atom stereocenters. The lowest BCUT2D eigenvalue weighted by Crippen LogP contribution is -2.52. The van der Waals surface area contributed by atoms with Crippen molar-refractivity contribution in [3.63, 3.8) is 0 Å². The van der Waals surface area contributed by atoms with Crippen LogP contribution in [0.4, 0.5) is 0 Å². The van der Waals surface area contributed by atoms with Crippen molar-refractivity contribution in [1.29, 1.82) is 0 Å². The summed E-state index contributed by atoms with van der Waals surface area (Å²) in [5, 5.41) is 2.65. The van der Waals surface area contributed by atoms with Crippen LogP contribution in [0.1, 0.15) is 62.2 Å². The summed E-state index contributed by atoms with van der Waals surface area (Å²) in [7, 11) is 3.01. The molecule has 1 aromatic carbocycles. The molecule has 0 aliphatic rings. The zero-order valence-electron chi connectivity index (χ0n) is 22.2. The average Bonchev–Trinajstić information content (AvgIpc) is 2.83. The molecule has 0 saturated carbocycles. The van der Waals surface area contributed by atoms with Gasteiger partial charge in [-0.05, 0) is 38.3 Å². The molecule has 196 valence electrons. The highest BCUT2D eigenvalue weighted by molar-refractivity contribution is 5.98. The second-order valence-corrected chi connectivity index (χ2v) is 9.31.